The van der Waals surface area contributed by atoms with Gasteiger partial charge in [0.2, 0.25) is 5.91 Å². The summed E-state index contributed by atoms with van der Waals surface area (Å²) in [6.45, 7) is 2.61. The van der Waals surface area contributed by atoms with Crippen LogP contribution in [0, 0.1) is 5.92 Å². The number of hydroxylamine groups is 1. The molecule has 3 aromatic carbocycles. The lowest BCUT2D eigenvalue weighted by Gasteiger charge is -2.30. The van der Waals surface area contributed by atoms with E-state index in [4.69, 9.17) is 23.8 Å². The van der Waals surface area contributed by atoms with E-state index in [-0.39, 0.29) is 5.91 Å². The Morgan fingerprint density at radius 2 is 1.45 bits per heavy atom. The number of amides is 2. The summed E-state index contributed by atoms with van der Waals surface area (Å²) in [5, 5.41) is 1.62. The number of anilines is 2. The molecule has 2 heterocycles. The summed E-state index contributed by atoms with van der Waals surface area (Å²) in [5.74, 6) is 0.494. The Morgan fingerprint density at radius 3 is 2.08 bits per heavy atom. The maximum Gasteiger partial charge on any atom is 0.266 e. The lowest BCUT2D eigenvalue weighted by molar-refractivity contribution is -0.126. The molecule has 2 amide bonds. The minimum atomic E-state index is -1.01. The molecule has 5 rings (SSSR count). The number of ether oxygens (including phenoxy) is 4. The topological polar surface area (TPSA) is 86.8 Å². The van der Waals surface area contributed by atoms with Crippen molar-refractivity contribution in [3.63, 3.8) is 0 Å². The Morgan fingerprint density at radius 1 is 0.789 bits per heavy atom. The van der Waals surface area contributed by atoms with E-state index in [1.54, 1.807) is 48.6 Å². The second-order valence-corrected chi connectivity index (χ2v) is 8.96. The van der Waals surface area contributed by atoms with E-state index >= 15 is 0 Å². The fourth-order valence-electron chi connectivity index (χ4n) is 4.98. The normalized spacial score (nSPS) is 20.5. The maximum atomic E-state index is 14.0. The van der Waals surface area contributed by atoms with E-state index in [2.05, 4.69) is 0 Å². The number of benzene rings is 3. The average molecular weight is 519 g/mol. The number of imide groups is 1. The van der Waals surface area contributed by atoms with Gasteiger partial charge < -0.3 is 18.9 Å². The van der Waals surface area contributed by atoms with Gasteiger partial charge >= 0.3 is 0 Å². The number of hydrogen-bond acceptors (Lipinski definition) is 8. The number of para-hydroxylation sites is 1. The first kappa shape index (κ1) is 25.4. The highest BCUT2D eigenvalue weighted by Gasteiger charge is 2.61. The van der Waals surface area contributed by atoms with E-state index in [0.29, 0.717) is 46.5 Å². The minimum Gasteiger partial charge on any atom is -0.496 e. The molecule has 198 valence electrons. The van der Waals surface area contributed by atoms with Gasteiger partial charge in [-0.1, -0.05) is 25.1 Å². The van der Waals surface area contributed by atoms with Crippen LogP contribution in [0.4, 0.5) is 11.4 Å². The Kier molecular flexibility index (Phi) is 7.11. The quantitative estimate of drug-likeness (QED) is 0.382. The van der Waals surface area contributed by atoms with Crippen LogP contribution in [0.25, 0.3) is 0 Å². The third-order valence-corrected chi connectivity index (χ3v) is 6.75. The molecule has 2 fully saturated rings. The predicted molar refractivity (Wildman–Crippen MR) is 141 cm³/mol. The van der Waals surface area contributed by atoms with Crippen molar-refractivity contribution in [2.24, 2.45) is 5.92 Å². The molecule has 0 bridgehead atoms. The lowest BCUT2D eigenvalue weighted by atomic mass is 9.89. The van der Waals surface area contributed by atoms with Crippen molar-refractivity contribution in [2.45, 2.75) is 25.5 Å². The van der Waals surface area contributed by atoms with Crippen LogP contribution in [0.2, 0.25) is 0 Å². The van der Waals surface area contributed by atoms with Crippen molar-refractivity contribution in [1.29, 1.82) is 0 Å². The van der Waals surface area contributed by atoms with Gasteiger partial charge in [0.15, 0.2) is 17.6 Å². The number of hydrogen-bond donors (Lipinski definition) is 0. The molecule has 0 aliphatic carbocycles. The standard InChI is InChI=1S/C29H30N2O7/c1-5-15-37-20-13-11-18(12-14-20)30-28(32)25-26(21-16-23(35-3)24(36-4)17-22(21)34-2)31(38-27(25)29(30)33)19-9-7-6-8-10-19/h6-14,16-17,25-27H,5,15H2,1-4H3/t25-,26+,27+/m1/s1. The predicted octanol–water partition coefficient (Wildman–Crippen LogP) is 4.55. The first-order valence-electron chi connectivity index (χ1n) is 12.4. The van der Waals surface area contributed by atoms with Crippen LogP contribution in [0.3, 0.4) is 0 Å². The van der Waals surface area contributed by atoms with Gasteiger partial charge in [0.1, 0.15) is 23.5 Å². The highest BCUT2D eigenvalue weighted by atomic mass is 16.7. The van der Waals surface area contributed by atoms with Crippen LogP contribution >= 0.6 is 0 Å². The fraction of sp³-hybridized carbons (Fsp3) is 0.310. The molecule has 3 aromatic rings. The first-order chi connectivity index (χ1) is 18.5. The Labute approximate surface area is 221 Å². The summed E-state index contributed by atoms with van der Waals surface area (Å²) in [5.41, 5.74) is 1.80. The molecule has 9 heteroatoms. The van der Waals surface area contributed by atoms with Crippen LogP contribution in [0.15, 0.2) is 66.7 Å². The number of carbonyl (C=O) groups is 2. The molecule has 0 aromatic heterocycles. The largest absolute Gasteiger partial charge is 0.496 e. The molecule has 2 saturated heterocycles. The smallest absolute Gasteiger partial charge is 0.266 e. The van der Waals surface area contributed by atoms with E-state index in [1.807, 2.05) is 37.3 Å². The highest BCUT2D eigenvalue weighted by Crippen LogP contribution is 2.51. The average Bonchev–Trinajstić information content (AvgIpc) is 3.47. The van der Waals surface area contributed by atoms with Gasteiger partial charge in [0.25, 0.3) is 5.91 Å². The zero-order valence-corrected chi connectivity index (χ0v) is 21.7. The summed E-state index contributed by atoms with van der Waals surface area (Å²) in [6, 6.07) is 19.1. The molecule has 9 nitrogen and oxygen atoms in total. The molecule has 3 atom stereocenters. The summed E-state index contributed by atoms with van der Waals surface area (Å²) >= 11 is 0. The number of fused-ring (bicyclic) bond motifs is 1. The van der Waals surface area contributed by atoms with Crippen molar-refractivity contribution < 1.29 is 33.4 Å². The number of rotatable bonds is 9. The molecule has 38 heavy (non-hydrogen) atoms. The molecule has 0 unspecified atom stereocenters. The molecule has 0 radical (unpaired) electrons. The SMILES string of the molecule is CCCOc1ccc(N2C(=O)[C@H]3[C@H](ON(c4ccccc4)[C@H]3c3cc(OC)c(OC)cc3OC)C2=O)cc1. The molecular formula is C29H30N2O7. The third-order valence-electron chi connectivity index (χ3n) is 6.75. The number of nitrogens with zero attached hydrogens (tertiary/aromatic N) is 2. The van der Waals surface area contributed by atoms with E-state index in [1.165, 1.54) is 19.1 Å². The maximum absolute atomic E-state index is 14.0. The van der Waals surface area contributed by atoms with Crippen molar-refractivity contribution in [3.8, 4) is 23.0 Å². The Balaban J connectivity index is 1.58. The van der Waals surface area contributed by atoms with Crippen LogP contribution in [-0.4, -0.2) is 45.9 Å². The third kappa shape index (κ3) is 4.28. The van der Waals surface area contributed by atoms with Crippen LogP contribution in [0.5, 0.6) is 23.0 Å². The zero-order valence-electron chi connectivity index (χ0n) is 21.7. The lowest BCUT2D eigenvalue weighted by Crippen LogP contribution is -2.37. The second kappa shape index (κ2) is 10.6. The minimum absolute atomic E-state index is 0.359. The molecule has 2 aliphatic rings. The number of carbonyl (C=O) groups excluding carboxylic acids is 2. The molecule has 2 aliphatic heterocycles. The molecule has 0 spiro atoms. The van der Waals surface area contributed by atoms with Crippen LogP contribution in [-0.2, 0) is 14.4 Å². The van der Waals surface area contributed by atoms with E-state index in [0.717, 1.165) is 6.42 Å². The van der Waals surface area contributed by atoms with Crippen LogP contribution < -0.4 is 28.9 Å². The zero-order chi connectivity index (χ0) is 26.8. The summed E-state index contributed by atoms with van der Waals surface area (Å²) in [7, 11) is 4.62. The van der Waals surface area contributed by atoms with Crippen molar-refractivity contribution in [3.05, 3.63) is 72.3 Å². The second-order valence-electron chi connectivity index (χ2n) is 8.96. The van der Waals surface area contributed by atoms with Gasteiger partial charge in [-0.15, -0.1) is 0 Å². The van der Waals surface area contributed by atoms with Gasteiger partial charge in [-0.3, -0.25) is 14.4 Å². The Hall–Kier alpha value is -4.24. The summed E-state index contributed by atoms with van der Waals surface area (Å²) in [4.78, 5) is 35.0. The Bertz CT molecular complexity index is 1310. The van der Waals surface area contributed by atoms with Gasteiger partial charge in [-0.2, -0.15) is 0 Å². The van der Waals surface area contributed by atoms with Crippen LogP contribution in [0.1, 0.15) is 24.9 Å². The van der Waals surface area contributed by atoms with Crippen molar-refractivity contribution in [1.82, 2.24) is 0 Å². The van der Waals surface area contributed by atoms with Crippen molar-refractivity contribution in [2.75, 3.05) is 37.9 Å². The van der Waals surface area contributed by atoms with E-state index < -0.39 is 24.0 Å². The highest BCUT2D eigenvalue weighted by molar-refractivity contribution is 6.24. The fourth-order valence-corrected chi connectivity index (χ4v) is 4.98. The van der Waals surface area contributed by atoms with Gasteiger partial charge in [-0.05, 0) is 48.9 Å². The van der Waals surface area contributed by atoms with Gasteiger partial charge in [0, 0.05) is 11.6 Å². The summed E-state index contributed by atoms with van der Waals surface area (Å²) in [6.07, 6.45) is -0.133. The van der Waals surface area contributed by atoms with Gasteiger partial charge in [0.05, 0.1) is 39.3 Å². The molecule has 0 saturated carbocycles. The molecular weight excluding hydrogens is 488 g/mol. The van der Waals surface area contributed by atoms with Crippen molar-refractivity contribution >= 4 is 23.2 Å². The monoisotopic (exact) mass is 518 g/mol. The molecule has 0 N–H and O–H groups in total. The van der Waals surface area contributed by atoms with E-state index in [9.17, 15) is 9.59 Å². The van der Waals surface area contributed by atoms with Gasteiger partial charge in [-0.25, -0.2) is 9.96 Å². The first-order valence-corrected chi connectivity index (χ1v) is 12.4. The summed E-state index contributed by atoms with van der Waals surface area (Å²) < 4.78 is 22.4. The number of methoxy groups -OCH3 is 3.